The van der Waals surface area contributed by atoms with Gasteiger partial charge in [-0.25, -0.2) is 4.57 Å². The van der Waals surface area contributed by atoms with Crippen molar-refractivity contribution in [3.63, 3.8) is 0 Å². The van der Waals surface area contributed by atoms with Crippen LogP contribution in [0.15, 0.2) is 36.5 Å². The molecule has 9 heteroatoms. The maximum Gasteiger partial charge on any atom is 0.469 e. The van der Waals surface area contributed by atoms with Gasteiger partial charge in [0.25, 0.3) is 0 Å². The molecule has 0 saturated carbocycles. The summed E-state index contributed by atoms with van der Waals surface area (Å²) in [6, 6.07) is 0. The zero-order chi connectivity index (χ0) is 45.3. The van der Waals surface area contributed by atoms with Crippen molar-refractivity contribution in [1.29, 1.82) is 0 Å². The highest BCUT2D eigenvalue weighted by molar-refractivity contribution is 7.46. The van der Waals surface area contributed by atoms with Crippen LogP contribution in [-0.4, -0.2) is 41.0 Å². The van der Waals surface area contributed by atoms with Crippen molar-refractivity contribution in [3.8, 4) is 0 Å². The van der Waals surface area contributed by atoms with Gasteiger partial charge in [-0.05, 0) is 70.6 Å². The Kier molecular flexibility index (Phi) is 47.4. The molecule has 0 aromatic carbocycles. The van der Waals surface area contributed by atoms with Crippen LogP contribution in [0.25, 0.3) is 0 Å². The topological polar surface area (TPSA) is 119 Å². The second kappa shape index (κ2) is 48.7. The number of carbonyl (C=O) groups excluding carboxylic acids is 2. The summed E-state index contributed by atoms with van der Waals surface area (Å²) in [4.78, 5) is 43.1. The van der Waals surface area contributed by atoms with Crippen LogP contribution in [0.2, 0.25) is 0 Å². The Morgan fingerprint density at radius 3 is 1.08 bits per heavy atom. The normalized spacial score (nSPS) is 12.6. The number of phosphoric ester groups is 1. The predicted octanol–water partition coefficient (Wildman–Crippen LogP) is 16.9. The number of esters is 2. The summed E-state index contributed by atoms with van der Waals surface area (Å²) in [6.45, 7) is 3.72. The maximum atomic E-state index is 12.5. The quantitative estimate of drug-likeness (QED) is 0.0268. The lowest BCUT2D eigenvalue weighted by molar-refractivity contribution is -0.161. The number of ether oxygens (including phenoxy) is 2. The molecule has 0 heterocycles. The van der Waals surface area contributed by atoms with E-state index in [1.54, 1.807) is 0 Å². The maximum absolute atomic E-state index is 12.5. The molecule has 0 aromatic heterocycles. The molecular weight excluding hydrogens is 796 g/mol. The number of allylic oxidation sites excluding steroid dienone is 6. The molecule has 1 atom stereocenters. The first kappa shape index (κ1) is 60.3. The number of phosphoric acid groups is 1. The number of hydrogen-bond acceptors (Lipinski definition) is 6. The summed E-state index contributed by atoms with van der Waals surface area (Å²) in [6.07, 6.45) is 60.2. The van der Waals surface area contributed by atoms with Crippen molar-refractivity contribution >= 4 is 19.8 Å². The summed E-state index contributed by atoms with van der Waals surface area (Å²) in [7, 11) is -4.76. The van der Waals surface area contributed by atoms with Gasteiger partial charge in [0.1, 0.15) is 6.61 Å². The first-order valence-corrected chi connectivity index (χ1v) is 27.8. The monoisotopic (exact) mass is 895 g/mol. The lowest BCUT2D eigenvalue weighted by Gasteiger charge is -2.18. The largest absolute Gasteiger partial charge is 0.469 e. The van der Waals surface area contributed by atoms with Gasteiger partial charge in [-0.3, -0.25) is 14.1 Å². The van der Waals surface area contributed by atoms with Gasteiger partial charge in [-0.2, -0.15) is 0 Å². The van der Waals surface area contributed by atoms with E-state index in [4.69, 9.17) is 19.3 Å². The molecule has 364 valence electrons. The Hall–Kier alpha value is -1.73. The van der Waals surface area contributed by atoms with Gasteiger partial charge in [-0.1, -0.05) is 224 Å². The lowest BCUT2D eigenvalue weighted by atomic mass is 10.0. The molecule has 62 heavy (non-hydrogen) atoms. The van der Waals surface area contributed by atoms with Crippen molar-refractivity contribution in [2.45, 2.75) is 277 Å². The number of rotatable bonds is 49. The van der Waals surface area contributed by atoms with Crippen LogP contribution in [0.4, 0.5) is 0 Å². The van der Waals surface area contributed by atoms with Crippen LogP contribution < -0.4 is 0 Å². The third-order valence-electron chi connectivity index (χ3n) is 11.6. The Balaban J connectivity index is 3.80. The first-order chi connectivity index (χ1) is 30.3. The number of hydrogen-bond donors (Lipinski definition) is 2. The Morgan fingerprint density at radius 1 is 0.419 bits per heavy atom. The van der Waals surface area contributed by atoms with E-state index in [1.807, 2.05) is 0 Å². The fourth-order valence-electron chi connectivity index (χ4n) is 7.69. The van der Waals surface area contributed by atoms with Crippen molar-refractivity contribution in [2.24, 2.45) is 0 Å². The molecule has 0 rings (SSSR count). The zero-order valence-corrected chi connectivity index (χ0v) is 41.4. The fraction of sp³-hybridized carbons (Fsp3) is 0.849. The van der Waals surface area contributed by atoms with Crippen LogP contribution in [0.1, 0.15) is 271 Å². The van der Waals surface area contributed by atoms with E-state index < -0.39 is 32.5 Å². The summed E-state index contributed by atoms with van der Waals surface area (Å²) in [5, 5.41) is 0. The Bertz CT molecular complexity index is 1100. The minimum absolute atomic E-state index is 0.211. The van der Waals surface area contributed by atoms with Crippen LogP contribution in [0.3, 0.4) is 0 Å². The van der Waals surface area contributed by atoms with E-state index in [0.29, 0.717) is 6.42 Å². The van der Waals surface area contributed by atoms with Crippen LogP contribution in [0.5, 0.6) is 0 Å². The molecule has 0 amide bonds. The van der Waals surface area contributed by atoms with Crippen molar-refractivity contribution < 1.29 is 37.9 Å². The molecule has 0 aliphatic rings. The van der Waals surface area contributed by atoms with Gasteiger partial charge in [-0.15, -0.1) is 0 Å². The Morgan fingerprint density at radius 2 is 0.726 bits per heavy atom. The molecule has 0 radical (unpaired) electrons. The first-order valence-electron chi connectivity index (χ1n) is 26.3. The van der Waals surface area contributed by atoms with Crippen LogP contribution in [-0.2, 0) is 28.2 Å². The summed E-state index contributed by atoms with van der Waals surface area (Å²) < 4.78 is 26.6. The van der Waals surface area contributed by atoms with E-state index in [0.717, 1.165) is 44.9 Å². The predicted molar refractivity (Wildman–Crippen MR) is 262 cm³/mol. The molecule has 1 unspecified atom stereocenters. The SMILES string of the molecule is CCCCCCC/C=C\C/C=C\CCCCCCCCCCCCCC(=O)OC(COC(=O)CCCCCCCCCCC/C=C\CCCCCCCCCC)COP(=O)(O)O. The summed E-state index contributed by atoms with van der Waals surface area (Å²) in [5.74, 6) is -0.878. The van der Waals surface area contributed by atoms with E-state index in [9.17, 15) is 14.2 Å². The van der Waals surface area contributed by atoms with Crippen molar-refractivity contribution in [1.82, 2.24) is 0 Å². The highest BCUT2D eigenvalue weighted by Gasteiger charge is 2.23. The number of unbranched alkanes of at least 4 members (excludes halogenated alkanes) is 33. The second-order valence-corrected chi connectivity index (χ2v) is 19.1. The smallest absolute Gasteiger partial charge is 0.462 e. The van der Waals surface area contributed by atoms with Gasteiger partial charge in [0.2, 0.25) is 0 Å². The molecule has 0 fully saturated rings. The van der Waals surface area contributed by atoms with Gasteiger partial charge < -0.3 is 19.3 Å². The standard InChI is InChI=1S/C53H99O8P/c1-3-5-7-9-11-13-15-17-19-21-23-25-26-28-30-32-34-36-38-40-42-44-46-48-53(55)61-51(50-60-62(56,57)58)49-59-52(54)47-45-43-41-39-37-35-33-31-29-27-24-22-20-18-16-14-12-10-8-6-4-2/h15,17,21-24,51H,3-14,16,18-20,25-50H2,1-2H3,(H2,56,57,58)/b17-15-,23-21-,24-22-. The van der Waals surface area contributed by atoms with E-state index >= 15 is 0 Å². The Labute approximate surface area is 382 Å². The highest BCUT2D eigenvalue weighted by atomic mass is 31.2. The molecule has 0 aliphatic heterocycles. The van der Waals surface area contributed by atoms with Gasteiger partial charge in [0.05, 0.1) is 6.61 Å². The van der Waals surface area contributed by atoms with Gasteiger partial charge in [0.15, 0.2) is 6.10 Å². The third-order valence-corrected chi connectivity index (χ3v) is 12.1. The number of carbonyl (C=O) groups is 2. The molecule has 0 aliphatic carbocycles. The molecule has 8 nitrogen and oxygen atoms in total. The average molecular weight is 895 g/mol. The molecule has 0 spiro atoms. The van der Waals surface area contributed by atoms with E-state index in [2.05, 4.69) is 54.8 Å². The molecule has 0 saturated heterocycles. The molecular formula is C53H99O8P. The summed E-state index contributed by atoms with van der Waals surface area (Å²) >= 11 is 0. The minimum Gasteiger partial charge on any atom is -0.462 e. The van der Waals surface area contributed by atoms with E-state index in [1.165, 1.54) is 193 Å². The van der Waals surface area contributed by atoms with Gasteiger partial charge >= 0.3 is 19.8 Å². The van der Waals surface area contributed by atoms with Gasteiger partial charge in [0, 0.05) is 12.8 Å². The fourth-order valence-corrected chi connectivity index (χ4v) is 8.06. The minimum atomic E-state index is -4.76. The van der Waals surface area contributed by atoms with Crippen molar-refractivity contribution in [3.05, 3.63) is 36.5 Å². The summed E-state index contributed by atoms with van der Waals surface area (Å²) in [5.41, 5.74) is 0. The lowest BCUT2D eigenvalue weighted by Crippen LogP contribution is -2.29. The average Bonchev–Trinajstić information content (AvgIpc) is 3.25. The molecule has 0 bridgehead atoms. The van der Waals surface area contributed by atoms with Crippen LogP contribution in [0, 0.1) is 0 Å². The highest BCUT2D eigenvalue weighted by Crippen LogP contribution is 2.36. The molecule has 0 aromatic rings. The van der Waals surface area contributed by atoms with Crippen molar-refractivity contribution in [2.75, 3.05) is 13.2 Å². The molecule has 2 N–H and O–H groups in total. The van der Waals surface area contributed by atoms with E-state index in [-0.39, 0.29) is 19.4 Å². The zero-order valence-electron chi connectivity index (χ0n) is 40.5. The van der Waals surface area contributed by atoms with Crippen LogP contribution >= 0.6 is 7.82 Å². The third kappa shape index (κ3) is 50.9. The second-order valence-electron chi connectivity index (χ2n) is 17.8.